The van der Waals surface area contributed by atoms with E-state index in [1.807, 2.05) is 19.1 Å². The Bertz CT molecular complexity index is 831. The van der Waals surface area contributed by atoms with Crippen LogP contribution in [0.4, 0.5) is 11.5 Å². The van der Waals surface area contributed by atoms with Gasteiger partial charge in [-0.1, -0.05) is 6.07 Å². The summed E-state index contributed by atoms with van der Waals surface area (Å²) in [7, 11) is 0. The number of rotatable bonds is 2. The summed E-state index contributed by atoms with van der Waals surface area (Å²) in [6.45, 7) is 2.84. The maximum absolute atomic E-state index is 4.45. The fraction of sp³-hybridized carbons (Fsp3) is 0.133. The van der Waals surface area contributed by atoms with E-state index in [2.05, 4.69) is 43.7 Å². The summed E-state index contributed by atoms with van der Waals surface area (Å²) in [6, 6.07) is 10.2. The minimum absolute atomic E-state index is 0.717. The van der Waals surface area contributed by atoms with Crippen molar-refractivity contribution < 1.29 is 0 Å². The molecule has 0 saturated heterocycles. The Balaban J connectivity index is 1.73. The summed E-state index contributed by atoms with van der Waals surface area (Å²) in [5.74, 6) is 0.862. The SMILES string of the molecule is CC1=NCc2ccc(Nc3[nH]nc4ncccc34)cc21. The smallest absolute Gasteiger partial charge is 0.183 e. The quantitative estimate of drug-likeness (QED) is 0.747. The van der Waals surface area contributed by atoms with Crippen LogP contribution in [0.1, 0.15) is 18.1 Å². The number of nitrogens with one attached hydrogen (secondary N) is 2. The second kappa shape index (κ2) is 4.16. The van der Waals surface area contributed by atoms with E-state index in [1.165, 1.54) is 11.1 Å². The molecular formula is C15H13N5. The number of pyridine rings is 1. The van der Waals surface area contributed by atoms with Gasteiger partial charge < -0.3 is 5.32 Å². The van der Waals surface area contributed by atoms with Crippen LogP contribution in [0.2, 0.25) is 0 Å². The molecule has 5 nitrogen and oxygen atoms in total. The molecule has 0 fully saturated rings. The van der Waals surface area contributed by atoms with Crippen LogP contribution in [0.25, 0.3) is 11.0 Å². The van der Waals surface area contributed by atoms with Crippen molar-refractivity contribution in [2.75, 3.05) is 5.32 Å². The number of H-pyrrole nitrogens is 1. The lowest BCUT2D eigenvalue weighted by Crippen LogP contribution is -1.96. The van der Waals surface area contributed by atoms with Crippen molar-refractivity contribution in [2.24, 2.45) is 4.99 Å². The molecule has 20 heavy (non-hydrogen) atoms. The van der Waals surface area contributed by atoms with Crippen molar-refractivity contribution in [3.05, 3.63) is 47.7 Å². The van der Waals surface area contributed by atoms with Crippen molar-refractivity contribution in [2.45, 2.75) is 13.5 Å². The van der Waals surface area contributed by atoms with Crippen LogP contribution in [0.5, 0.6) is 0 Å². The maximum Gasteiger partial charge on any atom is 0.183 e. The van der Waals surface area contributed by atoms with Crippen LogP contribution in [-0.2, 0) is 6.54 Å². The Morgan fingerprint density at radius 1 is 1.25 bits per heavy atom. The Hall–Kier alpha value is -2.69. The summed E-state index contributed by atoms with van der Waals surface area (Å²) in [6.07, 6.45) is 1.74. The molecule has 0 saturated carbocycles. The van der Waals surface area contributed by atoms with E-state index in [0.29, 0.717) is 5.65 Å². The standard InChI is InChI=1S/C15H13N5/c1-9-13-7-11(5-4-10(13)8-17-9)18-15-12-3-2-6-16-14(12)19-20-15/h2-7H,8H2,1H3,(H2,16,18,19,20). The lowest BCUT2D eigenvalue weighted by Gasteiger charge is -2.07. The van der Waals surface area contributed by atoms with Gasteiger partial charge in [0.05, 0.1) is 11.9 Å². The Kier molecular flexibility index (Phi) is 2.32. The monoisotopic (exact) mass is 263 g/mol. The summed E-state index contributed by atoms with van der Waals surface area (Å²) >= 11 is 0. The van der Waals surface area contributed by atoms with Gasteiger partial charge in [-0.25, -0.2) is 4.98 Å². The van der Waals surface area contributed by atoms with Crippen LogP contribution in [0.3, 0.4) is 0 Å². The van der Waals surface area contributed by atoms with Crippen LogP contribution in [0.15, 0.2) is 41.5 Å². The first-order chi connectivity index (χ1) is 9.81. The molecule has 3 heterocycles. The normalized spacial score (nSPS) is 13.3. The lowest BCUT2D eigenvalue weighted by atomic mass is 10.1. The minimum Gasteiger partial charge on any atom is -0.340 e. The van der Waals surface area contributed by atoms with Gasteiger partial charge in [-0.15, -0.1) is 0 Å². The van der Waals surface area contributed by atoms with E-state index in [4.69, 9.17) is 0 Å². The molecule has 4 rings (SSSR count). The number of hydrogen-bond acceptors (Lipinski definition) is 4. The van der Waals surface area contributed by atoms with Crippen molar-refractivity contribution in [3.63, 3.8) is 0 Å². The number of fused-ring (bicyclic) bond motifs is 2. The van der Waals surface area contributed by atoms with Gasteiger partial charge in [0.2, 0.25) is 0 Å². The zero-order chi connectivity index (χ0) is 13.5. The number of aliphatic imine (C=N–C) groups is 1. The van der Waals surface area contributed by atoms with E-state index in [0.717, 1.165) is 29.1 Å². The zero-order valence-corrected chi connectivity index (χ0v) is 11.0. The number of aromatic amines is 1. The molecule has 0 atom stereocenters. The molecular weight excluding hydrogens is 250 g/mol. The molecule has 0 unspecified atom stereocenters. The van der Waals surface area contributed by atoms with Crippen molar-refractivity contribution in [1.82, 2.24) is 15.2 Å². The van der Waals surface area contributed by atoms with E-state index in [-0.39, 0.29) is 0 Å². The highest BCUT2D eigenvalue weighted by Crippen LogP contribution is 2.26. The van der Waals surface area contributed by atoms with Gasteiger partial charge in [-0.05, 0) is 36.8 Å². The average molecular weight is 263 g/mol. The predicted molar refractivity (Wildman–Crippen MR) is 79.5 cm³/mol. The summed E-state index contributed by atoms with van der Waals surface area (Å²) in [4.78, 5) is 8.66. The van der Waals surface area contributed by atoms with Gasteiger partial charge in [0.1, 0.15) is 5.82 Å². The molecule has 0 aliphatic carbocycles. The van der Waals surface area contributed by atoms with Crippen LogP contribution >= 0.6 is 0 Å². The molecule has 2 aromatic heterocycles. The van der Waals surface area contributed by atoms with E-state index in [9.17, 15) is 0 Å². The molecule has 1 aliphatic rings. The van der Waals surface area contributed by atoms with Gasteiger partial charge in [-0.2, -0.15) is 5.10 Å². The molecule has 2 N–H and O–H groups in total. The first-order valence-electron chi connectivity index (χ1n) is 6.52. The highest BCUT2D eigenvalue weighted by atomic mass is 15.2. The molecule has 0 amide bonds. The van der Waals surface area contributed by atoms with Crippen LogP contribution in [-0.4, -0.2) is 20.9 Å². The fourth-order valence-electron chi connectivity index (χ4n) is 2.51. The Morgan fingerprint density at radius 3 is 3.15 bits per heavy atom. The minimum atomic E-state index is 0.717. The number of hydrogen-bond donors (Lipinski definition) is 2. The summed E-state index contributed by atoms with van der Waals surface area (Å²) in [5, 5.41) is 11.5. The largest absolute Gasteiger partial charge is 0.340 e. The third-order valence-corrected chi connectivity index (χ3v) is 3.59. The lowest BCUT2D eigenvalue weighted by molar-refractivity contribution is 1.10. The number of aromatic nitrogens is 3. The zero-order valence-electron chi connectivity index (χ0n) is 11.0. The fourth-order valence-corrected chi connectivity index (χ4v) is 2.51. The Morgan fingerprint density at radius 2 is 2.20 bits per heavy atom. The van der Waals surface area contributed by atoms with Crippen LogP contribution in [0, 0.1) is 0 Å². The van der Waals surface area contributed by atoms with E-state index < -0.39 is 0 Å². The molecule has 3 aromatic rings. The highest BCUT2D eigenvalue weighted by molar-refractivity contribution is 6.03. The molecule has 1 aliphatic heterocycles. The van der Waals surface area contributed by atoms with Crippen molar-refractivity contribution >= 4 is 28.3 Å². The number of benzene rings is 1. The van der Waals surface area contributed by atoms with Crippen LogP contribution < -0.4 is 5.32 Å². The number of anilines is 2. The van der Waals surface area contributed by atoms with E-state index >= 15 is 0 Å². The van der Waals surface area contributed by atoms with E-state index in [1.54, 1.807) is 6.20 Å². The second-order valence-electron chi connectivity index (χ2n) is 4.87. The first kappa shape index (κ1) is 11.2. The Labute approximate surface area is 115 Å². The van der Waals surface area contributed by atoms with Crippen molar-refractivity contribution in [1.29, 1.82) is 0 Å². The molecule has 0 spiro atoms. The van der Waals surface area contributed by atoms with Gasteiger partial charge >= 0.3 is 0 Å². The average Bonchev–Trinajstić information content (AvgIpc) is 3.05. The molecule has 1 aromatic carbocycles. The highest BCUT2D eigenvalue weighted by Gasteiger charge is 2.13. The predicted octanol–water partition coefficient (Wildman–Crippen LogP) is 3.02. The summed E-state index contributed by atoms with van der Waals surface area (Å²) < 4.78 is 0. The van der Waals surface area contributed by atoms with Gasteiger partial charge in [0.25, 0.3) is 0 Å². The molecule has 0 bridgehead atoms. The number of nitrogens with zero attached hydrogens (tertiary/aromatic N) is 3. The molecule has 98 valence electrons. The maximum atomic E-state index is 4.45. The second-order valence-corrected chi connectivity index (χ2v) is 4.87. The van der Waals surface area contributed by atoms with Crippen molar-refractivity contribution in [3.8, 4) is 0 Å². The van der Waals surface area contributed by atoms with Gasteiger partial charge in [-0.3, -0.25) is 10.1 Å². The third-order valence-electron chi connectivity index (χ3n) is 3.59. The third kappa shape index (κ3) is 1.67. The molecule has 5 heteroatoms. The first-order valence-corrected chi connectivity index (χ1v) is 6.52. The summed E-state index contributed by atoms with van der Waals surface area (Å²) in [5.41, 5.74) is 5.34. The van der Waals surface area contributed by atoms with Gasteiger partial charge in [0.15, 0.2) is 5.65 Å². The topological polar surface area (TPSA) is 66.0 Å². The molecule has 0 radical (unpaired) electrons. The van der Waals surface area contributed by atoms with Gasteiger partial charge in [0, 0.05) is 23.2 Å².